The van der Waals surface area contributed by atoms with E-state index in [9.17, 15) is 9.59 Å². The van der Waals surface area contributed by atoms with Gasteiger partial charge in [-0.05, 0) is 49.1 Å². The van der Waals surface area contributed by atoms with Crippen LogP contribution in [0.3, 0.4) is 0 Å². The van der Waals surface area contributed by atoms with E-state index in [-0.39, 0.29) is 0 Å². The molecule has 1 aliphatic heterocycles. The molecule has 2 heterocycles. The molecular formula is C19H23N5O3. The van der Waals surface area contributed by atoms with Gasteiger partial charge in [0.05, 0.1) is 7.11 Å². The quantitative estimate of drug-likeness (QED) is 0.775. The van der Waals surface area contributed by atoms with Crippen molar-refractivity contribution in [2.24, 2.45) is 5.92 Å². The molecule has 0 radical (unpaired) electrons. The van der Waals surface area contributed by atoms with E-state index in [1.807, 2.05) is 0 Å². The summed E-state index contributed by atoms with van der Waals surface area (Å²) >= 11 is 0. The highest BCUT2D eigenvalue weighted by Crippen LogP contribution is 2.19. The third-order valence-corrected chi connectivity index (χ3v) is 4.55. The van der Waals surface area contributed by atoms with Crippen molar-refractivity contribution in [3.05, 3.63) is 42.7 Å². The number of methoxy groups -OCH3 is 1. The summed E-state index contributed by atoms with van der Waals surface area (Å²) in [5.74, 6) is 0.459. The Hall–Kier alpha value is -3.16. The van der Waals surface area contributed by atoms with E-state index in [1.165, 1.54) is 0 Å². The third-order valence-electron chi connectivity index (χ3n) is 4.55. The number of piperidine rings is 1. The monoisotopic (exact) mass is 369 g/mol. The average molecular weight is 369 g/mol. The minimum atomic E-state index is -0.671. The van der Waals surface area contributed by atoms with Gasteiger partial charge in [0.1, 0.15) is 5.75 Å². The van der Waals surface area contributed by atoms with Crippen LogP contribution in [0, 0.1) is 5.92 Å². The molecule has 1 aliphatic rings. The first-order valence-electron chi connectivity index (χ1n) is 8.91. The third kappa shape index (κ3) is 5.16. The van der Waals surface area contributed by atoms with Crippen molar-refractivity contribution in [3.8, 4) is 5.75 Å². The minimum absolute atomic E-state index is 0.336. The number of benzene rings is 1. The Labute approximate surface area is 158 Å². The summed E-state index contributed by atoms with van der Waals surface area (Å²) in [4.78, 5) is 34.7. The highest BCUT2D eigenvalue weighted by molar-refractivity contribution is 6.39. The van der Waals surface area contributed by atoms with Gasteiger partial charge in [0.15, 0.2) is 0 Å². The van der Waals surface area contributed by atoms with Crippen molar-refractivity contribution in [1.29, 1.82) is 0 Å². The van der Waals surface area contributed by atoms with Gasteiger partial charge < -0.3 is 20.3 Å². The summed E-state index contributed by atoms with van der Waals surface area (Å²) in [5, 5.41) is 5.30. The van der Waals surface area contributed by atoms with Crippen LogP contribution in [0.15, 0.2) is 42.7 Å². The van der Waals surface area contributed by atoms with E-state index in [0.29, 0.717) is 23.9 Å². The summed E-state index contributed by atoms with van der Waals surface area (Å²) in [5.41, 5.74) is 0.548. The largest absolute Gasteiger partial charge is 0.497 e. The summed E-state index contributed by atoms with van der Waals surface area (Å²) in [6.07, 6.45) is 5.30. The zero-order valence-electron chi connectivity index (χ0n) is 15.2. The molecule has 1 aromatic carbocycles. The second kappa shape index (κ2) is 8.98. The number of hydrogen-bond acceptors (Lipinski definition) is 6. The van der Waals surface area contributed by atoms with Crippen LogP contribution >= 0.6 is 0 Å². The second-order valence-corrected chi connectivity index (χ2v) is 6.37. The van der Waals surface area contributed by atoms with Crippen LogP contribution in [-0.2, 0) is 9.59 Å². The Morgan fingerprint density at radius 1 is 1.11 bits per heavy atom. The van der Waals surface area contributed by atoms with Gasteiger partial charge in [0.2, 0.25) is 5.95 Å². The molecule has 0 bridgehead atoms. The number of carbonyl (C=O) groups is 2. The van der Waals surface area contributed by atoms with Crippen molar-refractivity contribution in [2.45, 2.75) is 12.8 Å². The maximum absolute atomic E-state index is 12.0. The van der Waals surface area contributed by atoms with E-state index >= 15 is 0 Å². The highest BCUT2D eigenvalue weighted by Gasteiger charge is 2.22. The first kappa shape index (κ1) is 18.6. The van der Waals surface area contributed by atoms with Crippen LogP contribution in [0.4, 0.5) is 11.6 Å². The van der Waals surface area contributed by atoms with Gasteiger partial charge in [-0.3, -0.25) is 9.59 Å². The lowest BCUT2D eigenvalue weighted by atomic mass is 9.97. The SMILES string of the molecule is COc1ccc(NC(=O)C(=O)NCC2CCN(c3ncccn3)CC2)cc1. The molecule has 8 heteroatoms. The number of anilines is 2. The predicted octanol–water partition coefficient (Wildman–Crippen LogP) is 1.46. The predicted molar refractivity (Wildman–Crippen MR) is 102 cm³/mol. The number of amides is 2. The Bertz CT molecular complexity index is 759. The molecule has 0 aliphatic carbocycles. The minimum Gasteiger partial charge on any atom is -0.497 e. The molecule has 27 heavy (non-hydrogen) atoms. The number of carbonyl (C=O) groups excluding carboxylic acids is 2. The first-order chi connectivity index (χ1) is 13.2. The fraction of sp³-hybridized carbons (Fsp3) is 0.368. The molecule has 0 unspecified atom stereocenters. The zero-order valence-corrected chi connectivity index (χ0v) is 15.2. The Morgan fingerprint density at radius 3 is 2.41 bits per heavy atom. The molecule has 2 N–H and O–H groups in total. The molecule has 0 spiro atoms. The maximum Gasteiger partial charge on any atom is 0.313 e. The molecule has 1 saturated heterocycles. The number of nitrogens with zero attached hydrogens (tertiary/aromatic N) is 3. The molecule has 2 amide bonds. The molecule has 8 nitrogen and oxygen atoms in total. The second-order valence-electron chi connectivity index (χ2n) is 6.37. The van der Waals surface area contributed by atoms with Crippen LogP contribution in [0.5, 0.6) is 5.75 Å². The standard InChI is InChI=1S/C19H23N5O3/c1-27-16-5-3-15(4-6-16)23-18(26)17(25)22-13-14-7-11-24(12-8-14)19-20-9-2-10-21-19/h2-6,9-10,14H,7-8,11-13H2,1H3,(H,22,25)(H,23,26). The summed E-state index contributed by atoms with van der Waals surface area (Å²) in [6, 6.07) is 8.61. The van der Waals surface area contributed by atoms with Gasteiger partial charge in [-0.25, -0.2) is 9.97 Å². The lowest BCUT2D eigenvalue weighted by Crippen LogP contribution is -2.42. The van der Waals surface area contributed by atoms with E-state index in [4.69, 9.17) is 4.74 Å². The van der Waals surface area contributed by atoms with Crippen LogP contribution in [-0.4, -0.2) is 48.5 Å². The highest BCUT2D eigenvalue weighted by atomic mass is 16.5. The van der Waals surface area contributed by atoms with Crippen molar-refractivity contribution in [2.75, 3.05) is 37.0 Å². The number of rotatable bonds is 5. The van der Waals surface area contributed by atoms with E-state index in [2.05, 4.69) is 25.5 Å². The molecule has 0 atom stereocenters. The first-order valence-corrected chi connectivity index (χ1v) is 8.91. The number of aromatic nitrogens is 2. The number of ether oxygens (including phenoxy) is 1. The zero-order chi connectivity index (χ0) is 19.1. The molecule has 1 fully saturated rings. The van der Waals surface area contributed by atoms with Crippen molar-refractivity contribution in [1.82, 2.24) is 15.3 Å². The molecule has 2 aromatic rings. The Kier molecular flexibility index (Phi) is 6.19. The Balaban J connectivity index is 1.40. The lowest BCUT2D eigenvalue weighted by molar-refractivity contribution is -0.136. The van der Waals surface area contributed by atoms with E-state index in [1.54, 1.807) is 49.8 Å². The fourth-order valence-corrected chi connectivity index (χ4v) is 2.97. The summed E-state index contributed by atoms with van der Waals surface area (Å²) < 4.78 is 5.06. The molecule has 142 valence electrons. The topological polar surface area (TPSA) is 96.4 Å². The lowest BCUT2D eigenvalue weighted by Gasteiger charge is -2.31. The van der Waals surface area contributed by atoms with Crippen molar-refractivity contribution >= 4 is 23.5 Å². The average Bonchev–Trinajstić information content (AvgIpc) is 2.73. The van der Waals surface area contributed by atoms with Gasteiger partial charge in [0, 0.05) is 37.7 Å². The van der Waals surface area contributed by atoms with Crippen LogP contribution < -0.4 is 20.3 Å². The maximum atomic E-state index is 12.0. The summed E-state index contributed by atoms with van der Waals surface area (Å²) in [6.45, 7) is 2.16. The van der Waals surface area contributed by atoms with Crippen LogP contribution in [0.2, 0.25) is 0 Å². The molecule has 3 rings (SSSR count). The van der Waals surface area contributed by atoms with Crippen LogP contribution in [0.25, 0.3) is 0 Å². The van der Waals surface area contributed by atoms with Crippen molar-refractivity contribution in [3.63, 3.8) is 0 Å². The fourth-order valence-electron chi connectivity index (χ4n) is 2.97. The van der Waals surface area contributed by atoms with E-state index < -0.39 is 11.8 Å². The molecule has 0 saturated carbocycles. The number of nitrogens with one attached hydrogen (secondary N) is 2. The van der Waals surface area contributed by atoms with Gasteiger partial charge in [-0.15, -0.1) is 0 Å². The van der Waals surface area contributed by atoms with Gasteiger partial charge in [0.25, 0.3) is 0 Å². The van der Waals surface area contributed by atoms with Crippen molar-refractivity contribution < 1.29 is 14.3 Å². The number of hydrogen-bond donors (Lipinski definition) is 2. The van der Waals surface area contributed by atoms with Gasteiger partial charge >= 0.3 is 11.8 Å². The Morgan fingerprint density at radius 2 is 1.78 bits per heavy atom. The molecule has 1 aromatic heterocycles. The molecular weight excluding hydrogens is 346 g/mol. The normalized spacial score (nSPS) is 14.5. The van der Waals surface area contributed by atoms with E-state index in [0.717, 1.165) is 31.9 Å². The van der Waals surface area contributed by atoms with Gasteiger partial charge in [-0.1, -0.05) is 0 Å². The van der Waals surface area contributed by atoms with Gasteiger partial charge in [-0.2, -0.15) is 0 Å². The summed E-state index contributed by atoms with van der Waals surface area (Å²) in [7, 11) is 1.57. The smallest absolute Gasteiger partial charge is 0.313 e. The van der Waals surface area contributed by atoms with Crippen LogP contribution in [0.1, 0.15) is 12.8 Å².